The number of carbonyl (C=O) groups is 2. The zero-order chi connectivity index (χ0) is 16.8. The first kappa shape index (κ1) is 15.9. The number of hydrogen-bond donors (Lipinski definition) is 1. The Morgan fingerprint density at radius 2 is 2.09 bits per heavy atom. The summed E-state index contributed by atoms with van der Waals surface area (Å²) in [5.41, 5.74) is -0.554. The molecule has 3 unspecified atom stereocenters. The van der Waals surface area contributed by atoms with Gasteiger partial charge in [-0.1, -0.05) is 6.07 Å². The Hall–Kier alpha value is -1.98. The summed E-state index contributed by atoms with van der Waals surface area (Å²) in [6.07, 6.45) is 1.73. The van der Waals surface area contributed by atoms with Crippen molar-refractivity contribution >= 4 is 11.9 Å². The molecule has 124 valence electrons. The molecule has 1 aliphatic heterocycles. The highest BCUT2D eigenvalue weighted by atomic mass is 19.1. The van der Waals surface area contributed by atoms with Gasteiger partial charge in [0.1, 0.15) is 11.6 Å². The van der Waals surface area contributed by atoms with Gasteiger partial charge in [-0.05, 0) is 43.7 Å². The summed E-state index contributed by atoms with van der Waals surface area (Å²) < 4.78 is 26.8. The average molecular weight is 323 g/mol. The highest BCUT2D eigenvalue weighted by Crippen LogP contribution is 2.50. The van der Waals surface area contributed by atoms with Gasteiger partial charge in [-0.25, -0.2) is 8.78 Å². The van der Waals surface area contributed by atoms with Crippen LogP contribution in [0, 0.1) is 23.0 Å². The normalized spacial score (nSPS) is 30.1. The summed E-state index contributed by atoms with van der Waals surface area (Å²) in [7, 11) is 0. The van der Waals surface area contributed by atoms with E-state index in [-0.39, 0.29) is 24.3 Å². The Balaban J connectivity index is 1.69. The minimum atomic E-state index is -0.917. The van der Waals surface area contributed by atoms with Crippen LogP contribution in [0.1, 0.15) is 37.7 Å². The average Bonchev–Trinajstić information content (AvgIpc) is 3.26. The molecule has 1 N–H and O–H groups in total. The van der Waals surface area contributed by atoms with Crippen molar-refractivity contribution in [1.82, 2.24) is 4.90 Å². The maximum Gasteiger partial charge on any atom is 0.311 e. The molecule has 4 nitrogen and oxygen atoms in total. The standard InChI is InChI=1S/C17H19F2NO3/c1-17(16(22)23)5-2-6-20(9-17)15(21)13-8-12(13)11-4-3-10(18)7-14(11)19/h3-4,7,12-13H,2,5-6,8-9H2,1H3,(H,22,23). The van der Waals surface area contributed by atoms with Gasteiger partial charge in [-0.3, -0.25) is 9.59 Å². The number of carboxylic acids is 1. The van der Waals surface area contributed by atoms with Gasteiger partial charge >= 0.3 is 5.97 Å². The van der Waals surface area contributed by atoms with E-state index in [9.17, 15) is 23.5 Å². The van der Waals surface area contributed by atoms with Crippen LogP contribution in [0.3, 0.4) is 0 Å². The van der Waals surface area contributed by atoms with E-state index < -0.39 is 23.0 Å². The van der Waals surface area contributed by atoms with E-state index in [4.69, 9.17) is 0 Å². The van der Waals surface area contributed by atoms with Crippen LogP contribution >= 0.6 is 0 Å². The molecule has 0 spiro atoms. The second-order valence-corrected chi connectivity index (χ2v) is 6.84. The summed E-state index contributed by atoms with van der Waals surface area (Å²) in [5.74, 6) is -2.84. The second kappa shape index (κ2) is 5.58. The minimum Gasteiger partial charge on any atom is -0.481 e. The number of amides is 1. The van der Waals surface area contributed by atoms with Crippen LogP contribution in [0.4, 0.5) is 8.78 Å². The van der Waals surface area contributed by atoms with E-state index in [1.54, 1.807) is 11.8 Å². The first-order chi connectivity index (χ1) is 10.8. The number of halogens is 2. The Kier molecular flexibility index (Phi) is 3.86. The monoisotopic (exact) mass is 323 g/mol. The number of nitrogens with zero attached hydrogens (tertiary/aromatic N) is 1. The molecular formula is C17H19F2NO3. The zero-order valence-corrected chi connectivity index (χ0v) is 12.9. The van der Waals surface area contributed by atoms with Gasteiger partial charge in [0.05, 0.1) is 5.41 Å². The zero-order valence-electron chi connectivity index (χ0n) is 12.9. The number of carboxylic acid groups (broad SMARTS) is 1. The molecule has 1 saturated heterocycles. The SMILES string of the molecule is CC1(C(=O)O)CCCN(C(=O)C2CC2c2ccc(F)cc2F)C1. The van der Waals surface area contributed by atoms with Gasteiger partial charge in [-0.2, -0.15) is 0 Å². The van der Waals surface area contributed by atoms with Crippen LogP contribution < -0.4 is 0 Å². The number of hydrogen-bond acceptors (Lipinski definition) is 2. The molecule has 0 aromatic heterocycles. The van der Waals surface area contributed by atoms with Crippen molar-refractivity contribution < 1.29 is 23.5 Å². The van der Waals surface area contributed by atoms with Gasteiger partial charge in [0, 0.05) is 25.1 Å². The van der Waals surface area contributed by atoms with Crippen molar-refractivity contribution in [2.24, 2.45) is 11.3 Å². The highest BCUT2D eigenvalue weighted by Gasteiger charge is 2.49. The predicted molar refractivity (Wildman–Crippen MR) is 78.8 cm³/mol. The first-order valence-corrected chi connectivity index (χ1v) is 7.79. The van der Waals surface area contributed by atoms with Gasteiger partial charge in [-0.15, -0.1) is 0 Å². The Labute approximate surface area is 133 Å². The van der Waals surface area contributed by atoms with Crippen molar-refractivity contribution in [2.75, 3.05) is 13.1 Å². The third-order valence-corrected chi connectivity index (χ3v) is 4.99. The molecule has 1 heterocycles. The summed E-state index contributed by atoms with van der Waals surface area (Å²) in [5, 5.41) is 9.32. The predicted octanol–water partition coefficient (Wildman–Crippen LogP) is 2.78. The van der Waals surface area contributed by atoms with E-state index in [0.29, 0.717) is 31.4 Å². The molecule has 1 aromatic carbocycles. The summed E-state index contributed by atoms with van der Waals surface area (Å²) in [4.78, 5) is 25.5. The molecule has 2 fully saturated rings. The van der Waals surface area contributed by atoms with Crippen molar-refractivity contribution in [1.29, 1.82) is 0 Å². The van der Waals surface area contributed by atoms with E-state index in [0.717, 1.165) is 6.07 Å². The van der Waals surface area contributed by atoms with E-state index >= 15 is 0 Å². The molecule has 1 amide bonds. The van der Waals surface area contributed by atoms with Crippen LogP contribution in [-0.2, 0) is 9.59 Å². The van der Waals surface area contributed by atoms with E-state index in [2.05, 4.69) is 0 Å². The first-order valence-electron chi connectivity index (χ1n) is 7.79. The molecule has 0 radical (unpaired) electrons. The summed E-state index contributed by atoms with van der Waals surface area (Å²) in [6, 6.07) is 3.42. The smallest absolute Gasteiger partial charge is 0.311 e. The number of carbonyl (C=O) groups excluding carboxylic acids is 1. The fourth-order valence-electron chi connectivity index (χ4n) is 3.45. The van der Waals surface area contributed by atoms with Gasteiger partial charge in [0.15, 0.2) is 0 Å². The van der Waals surface area contributed by atoms with Gasteiger partial charge < -0.3 is 10.0 Å². The maximum absolute atomic E-state index is 13.8. The van der Waals surface area contributed by atoms with Crippen molar-refractivity contribution in [3.05, 3.63) is 35.4 Å². The van der Waals surface area contributed by atoms with Crippen LogP contribution in [0.5, 0.6) is 0 Å². The van der Waals surface area contributed by atoms with E-state index in [1.807, 2.05) is 0 Å². The number of rotatable bonds is 3. The number of piperidine rings is 1. The van der Waals surface area contributed by atoms with Crippen LogP contribution in [0.15, 0.2) is 18.2 Å². The largest absolute Gasteiger partial charge is 0.481 e. The minimum absolute atomic E-state index is 0.120. The topological polar surface area (TPSA) is 57.6 Å². The molecule has 1 saturated carbocycles. The van der Waals surface area contributed by atoms with Gasteiger partial charge in [0.2, 0.25) is 5.91 Å². The van der Waals surface area contributed by atoms with Crippen molar-refractivity contribution in [3.63, 3.8) is 0 Å². The Bertz CT molecular complexity index is 663. The Morgan fingerprint density at radius 1 is 1.35 bits per heavy atom. The number of benzene rings is 1. The highest BCUT2D eigenvalue weighted by molar-refractivity contribution is 5.84. The third kappa shape index (κ3) is 2.94. The van der Waals surface area contributed by atoms with Crippen molar-refractivity contribution in [3.8, 4) is 0 Å². The summed E-state index contributed by atoms with van der Waals surface area (Å²) >= 11 is 0. The fourth-order valence-corrected chi connectivity index (χ4v) is 3.45. The fraction of sp³-hybridized carbons (Fsp3) is 0.529. The molecule has 2 aliphatic rings. The Morgan fingerprint density at radius 3 is 2.74 bits per heavy atom. The third-order valence-electron chi connectivity index (χ3n) is 4.99. The lowest BCUT2D eigenvalue weighted by Crippen LogP contribution is -2.49. The van der Waals surface area contributed by atoms with Gasteiger partial charge in [0.25, 0.3) is 0 Å². The molecular weight excluding hydrogens is 304 g/mol. The van der Waals surface area contributed by atoms with Crippen LogP contribution in [0.2, 0.25) is 0 Å². The lowest BCUT2D eigenvalue weighted by molar-refractivity contribution is -0.153. The van der Waals surface area contributed by atoms with Crippen LogP contribution in [-0.4, -0.2) is 35.0 Å². The molecule has 23 heavy (non-hydrogen) atoms. The molecule has 3 rings (SSSR count). The quantitative estimate of drug-likeness (QED) is 0.930. The second-order valence-electron chi connectivity index (χ2n) is 6.84. The molecule has 1 aliphatic carbocycles. The molecule has 1 aromatic rings. The van der Waals surface area contributed by atoms with Crippen LogP contribution in [0.25, 0.3) is 0 Å². The lowest BCUT2D eigenvalue weighted by Gasteiger charge is -2.37. The molecule has 6 heteroatoms. The number of aliphatic carboxylic acids is 1. The van der Waals surface area contributed by atoms with E-state index in [1.165, 1.54) is 12.1 Å². The van der Waals surface area contributed by atoms with Crippen molar-refractivity contribution in [2.45, 2.75) is 32.1 Å². The summed E-state index contributed by atoms with van der Waals surface area (Å²) in [6.45, 7) is 2.38. The maximum atomic E-state index is 13.8. The lowest BCUT2D eigenvalue weighted by atomic mass is 9.82. The molecule has 0 bridgehead atoms. The molecule has 3 atom stereocenters. The number of likely N-dealkylation sites (tertiary alicyclic amines) is 1.